The average Bonchev–Trinajstić information content (AvgIpc) is 2.58. The summed E-state index contributed by atoms with van der Waals surface area (Å²) >= 11 is 0. The average molecular weight is 303 g/mol. The Balaban J connectivity index is 1.80. The van der Waals surface area contributed by atoms with Gasteiger partial charge in [0, 0.05) is 18.3 Å². The van der Waals surface area contributed by atoms with E-state index in [1.807, 2.05) is 49.4 Å². The molecule has 0 aliphatic carbocycles. The summed E-state index contributed by atoms with van der Waals surface area (Å²) in [5.41, 5.74) is 3.47. The minimum Gasteiger partial charge on any atom is -0.423 e. The Hall–Kier alpha value is -2.94. The van der Waals surface area contributed by atoms with Crippen LogP contribution in [0.5, 0.6) is 5.75 Å². The molecule has 0 radical (unpaired) electrons. The standard InChI is InChI=1S/C20H17NO2/c1-15-11-12-18(14-21-15)20(22)23-19-10-6-5-9-17(19)13-16-7-3-2-4-8-16/h2-12,14H,13H2,1H3. The van der Waals surface area contributed by atoms with Crippen LogP contribution in [-0.2, 0) is 6.42 Å². The summed E-state index contributed by atoms with van der Waals surface area (Å²) in [6.07, 6.45) is 2.26. The number of aryl methyl sites for hydroxylation is 1. The fourth-order valence-electron chi connectivity index (χ4n) is 2.31. The fraction of sp³-hybridized carbons (Fsp3) is 0.100. The first-order chi connectivity index (χ1) is 11.2. The normalized spacial score (nSPS) is 10.3. The highest BCUT2D eigenvalue weighted by molar-refractivity contribution is 5.90. The Kier molecular flexibility index (Phi) is 4.48. The molecule has 1 aromatic heterocycles. The Morgan fingerprint density at radius 3 is 2.43 bits per heavy atom. The molecule has 0 aliphatic heterocycles. The monoisotopic (exact) mass is 303 g/mol. The van der Waals surface area contributed by atoms with Gasteiger partial charge in [-0.2, -0.15) is 0 Å². The Bertz CT molecular complexity index is 795. The molecule has 0 fully saturated rings. The predicted molar refractivity (Wildman–Crippen MR) is 89.6 cm³/mol. The van der Waals surface area contributed by atoms with Crippen molar-refractivity contribution in [1.82, 2.24) is 4.98 Å². The van der Waals surface area contributed by atoms with Gasteiger partial charge in [-0.3, -0.25) is 4.98 Å². The number of ether oxygens (including phenoxy) is 1. The quantitative estimate of drug-likeness (QED) is 0.535. The number of hydrogen-bond acceptors (Lipinski definition) is 3. The molecule has 3 heteroatoms. The summed E-state index contributed by atoms with van der Waals surface area (Å²) in [4.78, 5) is 16.4. The summed E-state index contributed by atoms with van der Waals surface area (Å²) in [6.45, 7) is 1.88. The van der Waals surface area contributed by atoms with Gasteiger partial charge in [-0.05, 0) is 36.2 Å². The number of pyridine rings is 1. The van der Waals surface area contributed by atoms with Crippen LogP contribution >= 0.6 is 0 Å². The molecule has 0 saturated heterocycles. The number of hydrogen-bond donors (Lipinski definition) is 0. The Labute approximate surface area is 135 Å². The predicted octanol–water partition coefficient (Wildman–Crippen LogP) is 4.20. The molecule has 0 N–H and O–H groups in total. The van der Waals surface area contributed by atoms with Crippen LogP contribution in [-0.4, -0.2) is 11.0 Å². The molecule has 2 aromatic carbocycles. The molecule has 3 rings (SSSR count). The topological polar surface area (TPSA) is 39.2 Å². The lowest BCUT2D eigenvalue weighted by Crippen LogP contribution is -2.10. The van der Waals surface area contributed by atoms with Gasteiger partial charge in [-0.15, -0.1) is 0 Å². The highest BCUT2D eigenvalue weighted by Crippen LogP contribution is 2.22. The molecule has 0 aliphatic rings. The van der Waals surface area contributed by atoms with Crippen molar-refractivity contribution >= 4 is 5.97 Å². The molecule has 3 nitrogen and oxygen atoms in total. The Morgan fingerprint density at radius 2 is 1.70 bits per heavy atom. The highest BCUT2D eigenvalue weighted by Gasteiger charge is 2.12. The van der Waals surface area contributed by atoms with E-state index in [2.05, 4.69) is 17.1 Å². The molecule has 0 unspecified atom stereocenters. The van der Waals surface area contributed by atoms with Crippen molar-refractivity contribution in [3.05, 3.63) is 95.3 Å². The number of nitrogens with zero attached hydrogens (tertiary/aromatic N) is 1. The molecule has 0 spiro atoms. The largest absolute Gasteiger partial charge is 0.423 e. The molecule has 0 atom stereocenters. The third-order valence-corrected chi connectivity index (χ3v) is 3.56. The van der Waals surface area contributed by atoms with E-state index in [0.29, 0.717) is 11.3 Å². The zero-order valence-electron chi connectivity index (χ0n) is 12.9. The SMILES string of the molecule is Cc1ccc(C(=O)Oc2ccccc2Cc2ccccc2)cn1. The zero-order valence-corrected chi connectivity index (χ0v) is 12.9. The van der Waals surface area contributed by atoms with Crippen LogP contribution in [0.15, 0.2) is 72.9 Å². The van der Waals surface area contributed by atoms with E-state index in [0.717, 1.165) is 17.7 Å². The first kappa shape index (κ1) is 15.0. The van der Waals surface area contributed by atoms with Gasteiger partial charge in [-0.25, -0.2) is 4.79 Å². The fourth-order valence-corrected chi connectivity index (χ4v) is 2.31. The van der Waals surface area contributed by atoms with E-state index in [4.69, 9.17) is 4.74 Å². The lowest BCUT2D eigenvalue weighted by molar-refractivity contribution is 0.0733. The summed E-state index contributed by atoms with van der Waals surface area (Å²) in [5.74, 6) is 0.194. The van der Waals surface area contributed by atoms with Crippen LogP contribution in [0.2, 0.25) is 0 Å². The van der Waals surface area contributed by atoms with Gasteiger partial charge in [0.05, 0.1) is 5.56 Å². The molecule has 23 heavy (non-hydrogen) atoms. The number of para-hydroxylation sites is 1. The molecule has 0 saturated carbocycles. The van der Waals surface area contributed by atoms with Crippen molar-refractivity contribution in [2.45, 2.75) is 13.3 Å². The molecular formula is C20H17NO2. The lowest BCUT2D eigenvalue weighted by atomic mass is 10.0. The number of carbonyl (C=O) groups excluding carboxylic acids is 1. The maximum absolute atomic E-state index is 12.3. The van der Waals surface area contributed by atoms with Crippen LogP contribution in [0, 0.1) is 6.92 Å². The maximum Gasteiger partial charge on any atom is 0.345 e. The van der Waals surface area contributed by atoms with Gasteiger partial charge in [0.15, 0.2) is 0 Å². The molecule has 3 aromatic rings. The zero-order chi connectivity index (χ0) is 16.1. The second-order valence-corrected chi connectivity index (χ2v) is 5.35. The van der Waals surface area contributed by atoms with Gasteiger partial charge in [0.2, 0.25) is 0 Å². The number of rotatable bonds is 4. The molecule has 0 amide bonds. The van der Waals surface area contributed by atoms with E-state index in [-0.39, 0.29) is 0 Å². The highest BCUT2D eigenvalue weighted by atomic mass is 16.5. The van der Waals surface area contributed by atoms with Gasteiger partial charge in [0.25, 0.3) is 0 Å². The smallest absolute Gasteiger partial charge is 0.345 e. The molecule has 0 bridgehead atoms. The van der Waals surface area contributed by atoms with Crippen LogP contribution < -0.4 is 4.74 Å². The van der Waals surface area contributed by atoms with E-state index < -0.39 is 5.97 Å². The van der Waals surface area contributed by atoms with E-state index >= 15 is 0 Å². The van der Waals surface area contributed by atoms with Gasteiger partial charge >= 0.3 is 5.97 Å². The second-order valence-electron chi connectivity index (χ2n) is 5.35. The van der Waals surface area contributed by atoms with Crippen molar-refractivity contribution in [1.29, 1.82) is 0 Å². The third kappa shape index (κ3) is 3.83. The lowest BCUT2D eigenvalue weighted by Gasteiger charge is -2.10. The van der Waals surface area contributed by atoms with Crippen molar-refractivity contribution in [2.75, 3.05) is 0 Å². The number of aromatic nitrogens is 1. The van der Waals surface area contributed by atoms with E-state index in [1.54, 1.807) is 12.1 Å². The first-order valence-corrected chi connectivity index (χ1v) is 7.49. The van der Waals surface area contributed by atoms with Crippen LogP contribution in [0.3, 0.4) is 0 Å². The summed E-state index contributed by atoms with van der Waals surface area (Å²) in [7, 11) is 0. The summed E-state index contributed by atoms with van der Waals surface area (Å²) in [5, 5.41) is 0. The second kappa shape index (κ2) is 6.88. The number of benzene rings is 2. The van der Waals surface area contributed by atoms with Crippen LogP contribution in [0.1, 0.15) is 27.2 Å². The van der Waals surface area contributed by atoms with Crippen molar-refractivity contribution in [2.24, 2.45) is 0 Å². The number of esters is 1. The molecule has 114 valence electrons. The third-order valence-electron chi connectivity index (χ3n) is 3.56. The first-order valence-electron chi connectivity index (χ1n) is 7.49. The van der Waals surface area contributed by atoms with Gasteiger partial charge in [-0.1, -0.05) is 48.5 Å². The van der Waals surface area contributed by atoms with Crippen LogP contribution in [0.25, 0.3) is 0 Å². The maximum atomic E-state index is 12.3. The van der Waals surface area contributed by atoms with Crippen molar-refractivity contribution in [3.63, 3.8) is 0 Å². The van der Waals surface area contributed by atoms with Crippen LogP contribution in [0.4, 0.5) is 0 Å². The minimum absolute atomic E-state index is 0.391. The summed E-state index contributed by atoms with van der Waals surface area (Å²) in [6, 6.07) is 21.2. The van der Waals surface area contributed by atoms with Gasteiger partial charge < -0.3 is 4.74 Å². The molecule has 1 heterocycles. The molecular weight excluding hydrogens is 286 g/mol. The summed E-state index contributed by atoms with van der Waals surface area (Å²) < 4.78 is 5.56. The van der Waals surface area contributed by atoms with Crippen molar-refractivity contribution < 1.29 is 9.53 Å². The van der Waals surface area contributed by atoms with E-state index in [9.17, 15) is 4.79 Å². The Morgan fingerprint density at radius 1 is 0.957 bits per heavy atom. The number of carbonyl (C=O) groups is 1. The minimum atomic E-state index is -0.391. The van der Waals surface area contributed by atoms with E-state index in [1.165, 1.54) is 11.8 Å². The van der Waals surface area contributed by atoms with Crippen molar-refractivity contribution in [3.8, 4) is 5.75 Å². The van der Waals surface area contributed by atoms with Gasteiger partial charge in [0.1, 0.15) is 5.75 Å².